The zero-order chi connectivity index (χ0) is 17.6. The van der Waals surface area contributed by atoms with Gasteiger partial charge in [0.05, 0.1) is 25.9 Å². The number of fused-ring (bicyclic) bond motifs is 1. The molecule has 1 aromatic carbocycles. The van der Waals surface area contributed by atoms with Crippen molar-refractivity contribution < 1.29 is 19.4 Å². The van der Waals surface area contributed by atoms with Crippen molar-refractivity contribution in [1.82, 2.24) is 4.90 Å². The van der Waals surface area contributed by atoms with E-state index in [0.717, 1.165) is 30.0 Å². The standard InChI is InChI=1S/C20H25NO4/c1-24-14-5-3-13(4-6-14)11-16-19(23)15-12-20(9-7-17(15)22)18(25-2)8-10-21(16)20/h3-6,8,15-16,19,23H,7,9-12H2,1-2H3/t15-,16-,19-,20-/m0/s1. The third-order valence-corrected chi connectivity index (χ3v) is 6.27. The largest absolute Gasteiger partial charge is 0.499 e. The number of Topliss-reactive ketones (excluding diaryl/α,β-unsaturated/α-hetero) is 1. The van der Waals surface area contributed by atoms with E-state index in [2.05, 4.69) is 11.0 Å². The molecule has 4 atom stereocenters. The number of aliphatic hydroxyl groups is 1. The van der Waals surface area contributed by atoms with E-state index in [1.807, 2.05) is 24.3 Å². The second kappa shape index (κ2) is 6.15. The lowest BCUT2D eigenvalue weighted by atomic mass is 9.66. The van der Waals surface area contributed by atoms with Gasteiger partial charge >= 0.3 is 0 Å². The summed E-state index contributed by atoms with van der Waals surface area (Å²) in [4.78, 5) is 14.8. The van der Waals surface area contributed by atoms with Crippen molar-refractivity contribution in [2.75, 3.05) is 20.8 Å². The summed E-state index contributed by atoms with van der Waals surface area (Å²) in [6.07, 6.45) is 4.17. The molecule has 3 aliphatic rings. The number of benzene rings is 1. The molecule has 134 valence electrons. The summed E-state index contributed by atoms with van der Waals surface area (Å²) < 4.78 is 10.9. The van der Waals surface area contributed by atoms with Crippen LogP contribution in [0.2, 0.25) is 0 Å². The lowest BCUT2D eigenvalue weighted by molar-refractivity contribution is -0.150. The Hall–Kier alpha value is -1.85. The maximum absolute atomic E-state index is 12.4. The molecule has 2 aliphatic heterocycles. The second-order valence-electron chi connectivity index (χ2n) is 7.34. The van der Waals surface area contributed by atoms with Gasteiger partial charge in [0.15, 0.2) is 0 Å². The number of ketones is 1. The molecule has 1 saturated carbocycles. The van der Waals surface area contributed by atoms with Crippen LogP contribution in [0.15, 0.2) is 36.1 Å². The first-order chi connectivity index (χ1) is 12.1. The minimum atomic E-state index is -0.632. The number of hydrogen-bond acceptors (Lipinski definition) is 5. The van der Waals surface area contributed by atoms with Crippen LogP contribution in [-0.4, -0.2) is 54.2 Å². The van der Waals surface area contributed by atoms with Crippen LogP contribution in [0.3, 0.4) is 0 Å². The van der Waals surface area contributed by atoms with Crippen LogP contribution in [0.1, 0.15) is 24.8 Å². The Bertz CT molecular complexity index is 698. The highest BCUT2D eigenvalue weighted by atomic mass is 16.5. The summed E-state index contributed by atoms with van der Waals surface area (Å²) in [7, 11) is 3.36. The van der Waals surface area contributed by atoms with Gasteiger partial charge in [0, 0.05) is 24.9 Å². The monoisotopic (exact) mass is 343 g/mol. The molecular formula is C20H25NO4. The van der Waals surface area contributed by atoms with Crippen LogP contribution in [0, 0.1) is 5.92 Å². The van der Waals surface area contributed by atoms with Crippen molar-refractivity contribution in [3.8, 4) is 5.75 Å². The normalized spacial score (nSPS) is 34.4. The smallest absolute Gasteiger partial charge is 0.138 e. The van der Waals surface area contributed by atoms with Crippen LogP contribution >= 0.6 is 0 Å². The number of ether oxygens (including phenoxy) is 2. The molecule has 2 bridgehead atoms. The van der Waals surface area contributed by atoms with Crippen molar-refractivity contribution in [2.24, 2.45) is 5.92 Å². The average molecular weight is 343 g/mol. The van der Waals surface area contributed by atoms with E-state index in [1.54, 1.807) is 14.2 Å². The molecule has 4 rings (SSSR count). The number of piperidine rings is 1. The lowest BCUT2D eigenvalue weighted by Crippen LogP contribution is -2.66. The molecule has 5 heteroatoms. The van der Waals surface area contributed by atoms with E-state index in [4.69, 9.17) is 9.47 Å². The molecule has 1 aliphatic carbocycles. The number of nitrogens with zero attached hydrogens (tertiary/aromatic N) is 1. The first kappa shape index (κ1) is 16.6. The summed E-state index contributed by atoms with van der Waals surface area (Å²) in [5.74, 6) is 1.70. The predicted octanol–water partition coefficient (Wildman–Crippen LogP) is 1.93. The minimum absolute atomic E-state index is 0.0831. The summed E-state index contributed by atoms with van der Waals surface area (Å²) in [6, 6.07) is 7.86. The quantitative estimate of drug-likeness (QED) is 0.905. The van der Waals surface area contributed by atoms with Gasteiger partial charge in [-0.3, -0.25) is 9.69 Å². The Morgan fingerprint density at radius 1 is 1.24 bits per heavy atom. The summed E-state index contributed by atoms with van der Waals surface area (Å²) >= 11 is 0. The Labute approximate surface area is 148 Å². The van der Waals surface area contributed by atoms with Gasteiger partial charge in [0.25, 0.3) is 0 Å². The first-order valence-electron chi connectivity index (χ1n) is 8.94. The molecule has 5 nitrogen and oxygen atoms in total. The number of rotatable bonds is 4. The number of methoxy groups -OCH3 is 2. The van der Waals surface area contributed by atoms with Crippen LogP contribution in [0.5, 0.6) is 5.75 Å². The Kier molecular flexibility index (Phi) is 4.08. The highest BCUT2D eigenvalue weighted by molar-refractivity contribution is 5.83. The fourth-order valence-corrected chi connectivity index (χ4v) is 4.99. The third-order valence-electron chi connectivity index (χ3n) is 6.27. The molecular weight excluding hydrogens is 318 g/mol. The van der Waals surface area contributed by atoms with Crippen LogP contribution < -0.4 is 4.74 Å². The van der Waals surface area contributed by atoms with E-state index < -0.39 is 6.10 Å². The van der Waals surface area contributed by atoms with Crippen molar-refractivity contribution in [3.63, 3.8) is 0 Å². The van der Waals surface area contributed by atoms with Gasteiger partial charge in [-0.2, -0.15) is 0 Å². The first-order valence-corrected chi connectivity index (χ1v) is 8.94. The van der Waals surface area contributed by atoms with Crippen LogP contribution in [-0.2, 0) is 16.0 Å². The summed E-state index contributed by atoms with van der Waals surface area (Å²) in [6.45, 7) is 0.766. The number of carbonyl (C=O) groups is 1. The molecule has 0 unspecified atom stereocenters. The maximum atomic E-state index is 12.4. The van der Waals surface area contributed by atoms with Crippen molar-refractivity contribution >= 4 is 5.78 Å². The molecule has 25 heavy (non-hydrogen) atoms. The van der Waals surface area contributed by atoms with Gasteiger partial charge in [-0.1, -0.05) is 12.1 Å². The third kappa shape index (κ3) is 2.49. The van der Waals surface area contributed by atoms with E-state index in [9.17, 15) is 9.90 Å². The lowest BCUT2D eigenvalue weighted by Gasteiger charge is -2.55. The van der Waals surface area contributed by atoms with Crippen LogP contribution in [0.25, 0.3) is 0 Å². The number of hydrogen-bond donors (Lipinski definition) is 1. The van der Waals surface area contributed by atoms with E-state index in [0.29, 0.717) is 19.3 Å². The zero-order valence-electron chi connectivity index (χ0n) is 14.8. The molecule has 2 fully saturated rings. The van der Waals surface area contributed by atoms with Crippen molar-refractivity contribution in [1.29, 1.82) is 0 Å². The summed E-state index contributed by atoms with van der Waals surface area (Å²) in [5.41, 5.74) is 0.919. The minimum Gasteiger partial charge on any atom is -0.499 e. The Morgan fingerprint density at radius 2 is 2.00 bits per heavy atom. The van der Waals surface area contributed by atoms with Gasteiger partial charge in [-0.15, -0.1) is 0 Å². The van der Waals surface area contributed by atoms with Crippen molar-refractivity contribution in [2.45, 2.75) is 43.4 Å². The molecule has 1 aromatic rings. The summed E-state index contributed by atoms with van der Waals surface area (Å²) in [5, 5.41) is 11.0. The second-order valence-corrected chi connectivity index (χ2v) is 7.34. The average Bonchev–Trinajstić information content (AvgIpc) is 2.99. The fourth-order valence-electron chi connectivity index (χ4n) is 4.99. The number of carbonyl (C=O) groups excluding carboxylic acids is 1. The van der Waals surface area contributed by atoms with Gasteiger partial charge in [-0.05, 0) is 43.0 Å². The fraction of sp³-hybridized carbons (Fsp3) is 0.550. The molecule has 2 heterocycles. The number of aliphatic hydroxyl groups excluding tert-OH is 1. The topological polar surface area (TPSA) is 59.0 Å². The van der Waals surface area contributed by atoms with E-state index in [-0.39, 0.29) is 23.3 Å². The molecule has 0 radical (unpaired) electrons. The van der Waals surface area contributed by atoms with Crippen molar-refractivity contribution in [3.05, 3.63) is 41.7 Å². The Morgan fingerprint density at radius 3 is 2.68 bits per heavy atom. The SMILES string of the molecule is COC1=CCN2[C@@H](Cc3ccc(OC)cc3)[C@@H](O)[C@H]3C[C@@]12CCC3=O. The van der Waals surface area contributed by atoms with Crippen LogP contribution in [0.4, 0.5) is 0 Å². The maximum Gasteiger partial charge on any atom is 0.138 e. The van der Waals surface area contributed by atoms with Gasteiger partial charge in [-0.25, -0.2) is 0 Å². The van der Waals surface area contributed by atoms with E-state index in [1.165, 1.54) is 0 Å². The van der Waals surface area contributed by atoms with Gasteiger partial charge in [0.1, 0.15) is 17.3 Å². The van der Waals surface area contributed by atoms with Gasteiger partial charge in [0.2, 0.25) is 0 Å². The predicted molar refractivity (Wildman–Crippen MR) is 93.4 cm³/mol. The van der Waals surface area contributed by atoms with E-state index >= 15 is 0 Å². The Balaban J connectivity index is 1.65. The molecule has 0 aromatic heterocycles. The molecule has 0 amide bonds. The molecule has 1 spiro atoms. The van der Waals surface area contributed by atoms with Gasteiger partial charge < -0.3 is 14.6 Å². The zero-order valence-corrected chi connectivity index (χ0v) is 14.8. The molecule has 1 N–H and O–H groups in total. The highest BCUT2D eigenvalue weighted by Gasteiger charge is 2.59. The highest BCUT2D eigenvalue weighted by Crippen LogP contribution is 2.50. The molecule has 1 saturated heterocycles.